The highest BCUT2D eigenvalue weighted by atomic mass is 32.1. The molecule has 0 radical (unpaired) electrons. The Morgan fingerprint density at radius 2 is 2.14 bits per heavy atom. The molecule has 6 nitrogen and oxygen atoms in total. The van der Waals surface area contributed by atoms with Crippen LogP contribution < -0.4 is 10.6 Å². The minimum Gasteiger partial charge on any atom is -0.356 e. The highest BCUT2D eigenvalue weighted by molar-refractivity contribution is 7.11. The Balaban J connectivity index is 2.49. The molecule has 0 atom stereocenters. The normalized spacial score (nSPS) is 11.6. The summed E-state index contributed by atoms with van der Waals surface area (Å²) in [5, 5.41) is 7.63. The molecule has 1 heterocycles. The minimum atomic E-state index is -0.0128. The summed E-state index contributed by atoms with van der Waals surface area (Å²) in [5.41, 5.74) is 0. The van der Waals surface area contributed by atoms with Crippen LogP contribution in [0.3, 0.4) is 0 Å². The van der Waals surface area contributed by atoms with Crippen LogP contribution in [0.4, 0.5) is 0 Å². The SMILES string of the molecule is Cc1cnc(CCNC(=NCC(=O)N(C)C)NCC(C)C)s1. The van der Waals surface area contributed by atoms with Gasteiger partial charge in [0.1, 0.15) is 6.54 Å². The van der Waals surface area contributed by atoms with Crippen LogP contribution >= 0.6 is 11.3 Å². The van der Waals surface area contributed by atoms with Crippen LogP contribution in [-0.4, -0.2) is 55.5 Å². The molecule has 0 saturated carbocycles. The van der Waals surface area contributed by atoms with Crippen molar-refractivity contribution >= 4 is 23.2 Å². The van der Waals surface area contributed by atoms with Crippen LogP contribution in [0, 0.1) is 12.8 Å². The zero-order chi connectivity index (χ0) is 16.5. The van der Waals surface area contributed by atoms with Gasteiger partial charge in [-0.05, 0) is 12.8 Å². The van der Waals surface area contributed by atoms with Gasteiger partial charge in [0.25, 0.3) is 0 Å². The molecule has 1 rings (SSSR count). The van der Waals surface area contributed by atoms with Crippen LogP contribution in [0.1, 0.15) is 23.7 Å². The Kier molecular flexibility index (Phi) is 7.87. The average molecular weight is 325 g/mol. The van der Waals surface area contributed by atoms with E-state index in [1.165, 1.54) is 4.88 Å². The van der Waals surface area contributed by atoms with Crippen molar-refractivity contribution in [2.45, 2.75) is 27.2 Å². The lowest BCUT2D eigenvalue weighted by molar-refractivity contribution is -0.127. The number of guanidine groups is 1. The van der Waals surface area contributed by atoms with Gasteiger partial charge in [0.15, 0.2) is 5.96 Å². The summed E-state index contributed by atoms with van der Waals surface area (Å²) in [6.45, 7) is 8.03. The lowest BCUT2D eigenvalue weighted by atomic mass is 10.2. The van der Waals surface area contributed by atoms with Crippen LogP contribution in [0.2, 0.25) is 0 Å². The smallest absolute Gasteiger partial charge is 0.243 e. The Hall–Kier alpha value is -1.63. The van der Waals surface area contributed by atoms with Gasteiger partial charge in [-0.2, -0.15) is 0 Å². The minimum absolute atomic E-state index is 0.0128. The molecule has 7 heteroatoms. The van der Waals surface area contributed by atoms with E-state index in [1.54, 1.807) is 30.3 Å². The number of aliphatic imine (C=N–C) groups is 1. The van der Waals surface area contributed by atoms with Gasteiger partial charge in [0.2, 0.25) is 5.91 Å². The maximum Gasteiger partial charge on any atom is 0.243 e. The number of carbonyl (C=O) groups is 1. The number of thiazole rings is 1. The van der Waals surface area contributed by atoms with Crippen molar-refractivity contribution in [1.82, 2.24) is 20.5 Å². The molecular formula is C15H27N5OS. The molecule has 22 heavy (non-hydrogen) atoms. The topological polar surface area (TPSA) is 69.6 Å². The van der Waals surface area contributed by atoms with E-state index >= 15 is 0 Å². The van der Waals surface area contributed by atoms with Gasteiger partial charge in [0.05, 0.1) is 5.01 Å². The monoisotopic (exact) mass is 325 g/mol. The van der Waals surface area contributed by atoms with E-state index < -0.39 is 0 Å². The molecule has 1 aromatic heterocycles. The molecule has 0 aromatic carbocycles. The number of carbonyl (C=O) groups excluding carboxylic acids is 1. The lowest BCUT2D eigenvalue weighted by Crippen LogP contribution is -2.41. The fourth-order valence-electron chi connectivity index (χ4n) is 1.57. The molecule has 0 saturated heterocycles. The molecule has 0 aliphatic heterocycles. The number of aryl methyl sites for hydroxylation is 1. The van der Waals surface area contributed by atoms with Crippen molar-refractivity contribution in [2.75, 3.05) is 33.7 Å². The van der Waals surface area contributed by atoms with Gasteiger partial charge in [0, 0.05) is 44.7 Å². The number of aromatic nitrogens is 1. The number of likely N-dealkylation sites (N-methyl/N-ethyl adjacent to an activating group) is 1. The highest BCUT2D eigenvalue weighted by Gasteiger charge is 2.06. The number of rotatable bonds is 7. The second kappa shape index (κ2) is 9.40. The molecule has 1 aromatic rings. The second-order valence-electron chi connectivity index (χ2n) is 5.77. The van der Waals surface area contributed by atoms with Gasteiger partial charge in [-0.25, -0.2) is 9.98 Å². The summed E-state index contributed by atoms with van der Waals surface area (Å²) in [4.78, 5) is 23.1. The molecule has 124 valence electrons. The first kappa shape index (κ1) is 18.4. The standard InChI is InChI=1S/C15H27N5OS/c1-11(2)8-18-15(19-10-14(21)20(4)5)16-7-6-13-17-9-12(3)22-13/h9,11H,6-8,10H2,1-5H3,(H2,16,18,19). The number of nitrogens with zero attached hydrogens (tertiary/aromatic N) is 3. The van der Waals surface area contributed by atoms with E-state index in [2.05, 4.69) is 41.4 Å². The van der Waals surface area contributed by atoms with E-state index in [4.69, 9.17) is 0 Å². The van der Waals surface area contributed by atoms with Gasteiger partial charge in [-0.1, -0.05) is 13.8 Å². The molecule has 0 unspecified atom stereocenters. The Labute approximate surface area is 137 Å². The Morgan fingerprint density at radius 3 is 2.68 bits per heavy atom. The Morgan fingerprint density at radius 1 is 1.41 bits per heavy atom. The molecule has 1 amide bonds. The predicted octanol–water partition coefficient (Wildman–Crippen LogP) is 1.27. The quantitative estimate of drug-likeness (QED) is 0.585. The molecule has 0 aliphatic carbocycles. The molecule has 0 fully saturated rings. The Bertz CT molecular complexity index is 496. The predicted molar refractivity (Wildman–Crippen MR) is 92.4 cm³/mol. The number of hydrogen-bond acceptors (Lipinski definition) is 4. The first-order chi connectivity index (χ1) is 10.4. The van der Waals surface area contributed by atoms with E-state index in [0.717, 1.165) is 24.5 Å². The zero-order valence-corrected chi connectivity index (χ0v) is 15.0. The third-order valence-corrected chi connectivity index (χ3v) is 3.82. The summed E-state index contributed by atoms with van der Waals surface area (Å²) in [6, 6.07) is 0. The third-order valence-electron chi connectivity index (χ3n) is 2.85. The van der Waals surface area contributed by atoms with Crippen molar-refractivity contribution < 1.29 is 4.79 Å². The average Bonchev–Trinajstić information content (AvgIpc) is 2.86. The third kappa shape index (κ3) is 7.40. The van der Waals surface area contributed by atoms with Crippen molar-refractivity contribution in [2.24, 2.45) is 10.9 Å². The van der Waals surface area contributed by atoms with Crippen LogP contribution in [-0.2, 0) is 11.2 Å². The van der Waals surface area contributed by atoms with E-state index in [1.807, 2.05) is 6.20 Å². The molecule has 0 bridgehead atoms. The molecule has 0 spiro atoms. The number of hydrogen-bond donors (Lipinski definition) is 2. The molecular weight excluding hydrogens is 298 g/mol. The van der Waals surface area contributed by atoms with E-state index in [-0.39, 0.29) is 12.5 Å². The fraction of sp³-hybridized carbons (Fsp3) is 0.667. The van der Waals surface area contributed by atoms with Crippen molar-refractivity contribution in [3.05, 3.63) is 16.1 Å². The van der Waals surface area contributed by atoms with Crippen molar-refractivity contribution in [3.8, 4) is 0 Å². The molecule has 0 aliphatic rings. The highest BCUT2D eigenvalue weighted by Crippen LogP contribution is 2.10. The number of nitrogens with one attached hydrogen (secondary N) is 2. The summed E-state index contributed by atoms with van der Waals surface area (Å²) in [6.07, 6.45) is 2.74. The van der Waals surface area contributed by atoms with Crippen LogP contribution in [0.5, 0.6) is 0 Å². The maximum atomic E-state index is 11.6. The summed E-state index contributed by atoms with van der Waals surface area (Å²) < 4.78 is 0. The van der Waals surface area contributed by atoms with Gasteiger partial charge < -0.3 is 15.5 Å². The molecule has 2 N–H and O–H groups in total. The number of amides is 1. The van der Waals surface area contributed by atoms with Crippen molar-refractivity contribution in [3.63, 3.8) is 0 Å². The van der Waals surface area contributed by atoms with E-state index in [0.29, 0.717) is 11.9 Å². The lowest BCUT2D eigenvalue weighted by Gasteiger charge is -2.14. The second-order valence-corrected chi connectivity index (χ2v) is 7.09. The van der Waals surface area contributed by atoms with Crippen LogP contribution in [0.25, 0.3) is 0 Å². The fourth-order valence-corrected chi connectivity index (χ4v) is 2.35. The van der Waals surface area contributed by atoms with Gasteiger partial charge in [-0.3, -0.25) is 4.79 Å². The summed E-state index contributed by atoms with van der Waals surface area (Å²) in [5.74, 6) is 1.18. The first-order valence-electron chi connectivity index (χ1n) is 7.52. The van der Waals surface area contributed by atoms with Crippen LogP contribution in [0.15, 0.2) is 11.2 Å². The van der Waals surface area contributed by atoms with Crippen molar-refractivity contribution in [1.29, 1.82) is 0 Å². The van der Waals surface area contributed by atoms with Gasteiger partial charge in [-0.15, -0.1) is 11.3 Å². The van der Waals surface area contributed by atoms with E-state index in [9.17, 15) is 4.79 Å². The summed E-state index contributed by atoms with van der Waals surface area (Å²) in [7, 11) is 3.47. The largest absolute Gasteiger partial charge is 0.356 e. The van der Waals surface area contributed by atoms with Gasteiger partial charge >= 0.3 is 0 Å². The summed E-state index contributed by atoms with van der Waals surface area (Å²) >= 11 is 1.71. The maximum absolute atomic E-state index is 11.6. The first-order valence-corrected chi connectivity index (χ1v) is 8.33. The zero-order valence-electron chi connectivity index (χ0n) is 14.1.